The van der Waals surface area contributed by atoms with Crippen molar-refractivity contribution in [3.05, 3.63) is 46.5 Å². The molecule has 5 nitrogen and oxygen atoms in total. The van der Waals surface area contributed by atoms with Crippen LogP contribution in [0.4, 0.5) is 0 Å². The van der Waals surface area contributed by atoms with Crippen LogP contribution in [0.3, 0.4) is 0 Å². The molecule has 0 N–H and O–H groups in total. The van der Waals surface area contributed by atoms with Gasteiger partial charge >= 0.3 is 0 Å². The minimum absolute atomic E-state index is 0.0475. The summed E-state index contributed by atoms with van der Waals surface area (Å²) in [6.07, 6.45) is 5.13. The van der Waals surface area contributed by atoms with Gasteiger partial charge in [-0.25, -0.2) is 9.67 Å². The fourth-order valence-corrected chi connectivity index (χ4v) is 3.18. The number of halogens is 2. The standard InChI is InChI=1S/C15H17Cl2N3O2/c1-2-3-14-7-21-15(22-14,8-20-10-18-9-19-20)11-4-12(16)6-13(17)5-11/h4-6,9-10,14H,2-3,7-8H2,1H3. The van der Waals surface area contributed by atoms with Crippen molar-refractivity contribution < 1.29 is 9.47 Å². The number of rotatable bonds is 5. The molecule has 0 radical (unpaired) electrons. The molecule has 0 bridgehead atoms. The molecule has 0 saturated carbocycles. The van der Waals surface area contributed by atoms with Crippen molar-refractivity contribution in [3.63, 3.8) is 0 Å². The van der Waals surface area contributed by atoms with E-state index in [1.54, 1.807) is 17.1 Å². The van der Waals surface area contributed by atoms with E-state index in [0.717, 1.165) is 18.4 Å². The molecule has 0 aliphatic carbocycles. The molecule has 1 saturated heterocycles. The fourth-order valence-electron chi connectivity index (χ4n) is 2.66. The molecule has 1 aromatic heterocycles. The number of benzene rings is 1. The Balaban J connectivity index is 1.95. The number of nitrogens with zero attached hydrogens (tertiary/aromatic N) is 3. The van der Waals surface area contributed by atoms with Crippen LogP contribution in [0.2, 0.25) is 10.0 Å². The summed E-state index contributed by atoms with van der Waals surface area (Å²) in [5.41, 5.74) is 0.791. The van der Waals surface area contributed by atoms with Crippen LogP contribution >= 0.6 is 23.2 Å². The van der Waals surface area contributed by atoms with Crippen LogP contribution in [0.15, 0.2) is 30.9 Å². The van der Waals surface area contributed by atoms with E-state index >= 15 is 0 Å². The quantitative estimate of drug-likeness (QED) is 0.832. The minimum Gasteiger partial charge on any atom is -0.342 e. The van der Waals surface area contributed by atoms with Gasteiger partial charge in [0.05, 0.1) is 12.7 Å². The van der Waals surface area contributed by atoms with E-state index in [2.05, 4.69) is 17.0 Å². The van der Waals surface area contributed by atoms with Gasteiger partial charge in [-0.15, -0.1) is 0 Å². The normalized spacial score (nSPS) is 24.8. The summed E-state index contributed by atoms with van der Waals surface area (Å²) in [5.74, 6) is -0.942. The molecule has 2 aromatic rings. The Morgan fingerprint density at radius 3 is 2.73 bits per heavy atom. The fraction of sp³-hybridized carbons (Fsp3) is 0.467. The van der Waals surface area contributed by atoms with E-state index in [1.165, 1.54) is 6.33 Å². The predicted octanol–water partition coefficient (Wildman–Crippen LogP) is 3.65. The van der Waals surface area contributed by atoms with Crippen molar-refractivity contribution in [2.24, 2.45) is 0 Å². The largest absolute Gasteiger partial charge is 0.342 e. The third kappa shape index (κ3) is 3.27. The Bertz CT molecular complexity index is 615. The average Bonchev–Trinajstić information content (AvgIpc) is 3.10. The lowest BCUT2D eigenvalue weighted by Gasteiger charge is -2.28. The first-order chi connectivity index (χ1) is 10.6. The lowest BCUT2D eigenvalue weighted by atomic mass is 10.1. The Labute approximate surface area is 139 Å². The zero-order valence-corrected chi connectivity index (χ0v) is 13.7. The zero-order valence-electron chi connectivity index (χ0n) is 12.2. The highest BCUT2D eigenvalue weighted by atomic mass is 35.5. The molecule has 118 valence electrons. The van der Waals surface area contributed by atoms with Crippen molar-refractivity contribution in [2.75, 3.05) is 6.61 Å². The Hall–Kier alpha value is -1.14. The van der Waals surface area contributed by atoms with Gasteiger partial charge in [-0.1, -0.05) is 36.5 Å². The molecular weight excluding hydrogens is 325 g/mol. The van der Waals surface area contributed by atoms with Gasteiger partial charge in [-0.2, -0.15) is 5.10 Å². The molecule has 2 unspecified atom stereocenters. The van der Waals surface area contributed by atoms with Gasteiger partial charge in [0.1, 0.15) is 19.2 Å². The Morgan fingerprint density at radius 1 is 1.32 bits per heavy atom. The van der Waals surface area contributed by atoms with Gasteiger partial charge in [0, 0.05) is 15.6 Å². The molecule has 3 rings (SSSR count). The summed E-state index contributed by atoms with van der Waals surface area (Å²) in [6.45, 7) is 3.05. The summed E-state index contributed by atoms with van der Waals surface area (Å²) in [6, 6.07) is 5.33. The molecule has 1 aromatic carbocycles. The monoisotopic (exact) mass is 341 g/mol. The van der Waals surface area contributed by atoms with Crippen LogP contribution < -0.4 is 0 Å². The second-order valence-electron chi connectivity index (χ2n) is 5.34. The van der Waals surface area contributed by atoms with Crippen molar-refractivity contribution in [1.82, 2.24) is 14.8 Å². The predicted molar refractivity (Wildman–Crippen MR) is 83.9 cm³/mol. The topological polar surface area (TPSA) is 49.2 Å². The van der Waals surface area contributed by atoms with Crippen LogP contribution in [0, 0.1) is 0 Å². The molecule has 1 aliphatic heterocycles. The van der Waals surface area contributed by atoms with Crippen LogP contribution in [0.1, 0.15) is 25.3 Å². The van der Waals surface area contributed by atoms with Crippen molar-refractivity contribution in [2.45, 2.75) is 38.2 Å². The van der Waals surface area contributed by atoms with E-state index in [1.807, 2.05) is 12.1 Å². The number of aromatic nitrogens is 3. The van der Waals surface area contributed by atoms with Crippen LogP contribution in [-0.2, 0) is 21.8 Å². The van der Waals surface area contributed by atoms with Crippen molar-refractivity contribution in [3.8, 4) is 0 Å². The summed E-state index contributed by atoms with van der Waals surface area (Å²) in [4.78, 5) is 3.97. The molecular formula is C15H17Cl2N3O2. The van der Waals surface area contributed by atoms with E-state index in [9.17, 15) is 0 Å². The van der Waals surface area contributed by atoms with Crippen LogP contribution in [0.5, 0.6) is 0 Å². The summed E-state index contributed by atoms with van der Waals surface area (Å²) in [7, 11) is 0. The molecule has 22 heavy (non-hydrogen) atoms. The van der Waals surface area contributed by atoms with Crippen molar-refractivity contribution >= 4 is 23.2 Å². The van der Waals surface area contributed by atoms with Crippen LogP contribution in [0.25, 0.3) is 0 Å². The summed E-state index contributed by atoms with van der Waals surface area (Å²) in [5, 5.41) is 5.24. The molecule has 0 spiro atoms. The summed E-state index contributed by atoms with van der Waals surface area (Å²) < 4.78 is 14.0. The molecule has 0 amide bonds. The first-order valence-electron chi connectivity index (χ1n) is 7.22. The van der Waals surface area contributed by atoms with E-state index in [-0.39, 0.29) is 6.10 Å². The lowest BCUT2D eigenvalue weighted by molar-refractivity contribution is -0.189. The van der Waals surface area contributed by atoms with Gasteiger partial charge in [-0.3, -0.25) is 0 Å². The first-order valence-corrected chi connectivity index (χ1v) is 7.97. The van der Waals surface area contributed by atoms with Gasteiger partial charge in [0.2, 0.25) is 5.79 Å². The number of hydrogen-bond donors (Lipinski definition) is 0. The minimum atomic E-state index is -0.942. The first kappa shape index (κ1) is 15.7. The van der Waals surface area contributed by atoms with Crippen LogP contribution in [-0.4, -0.2) is 27.5 Å². The van der Waals surface area contributed by atoms with E-state index in [4.69, 9.17) is 32.7 Å². The third-order valence-corrected chi connectivity index (χ3v) is 4.05. The van der Waals surface area contributed by atoms with E-state index < -0.39 is 5.79 Å². The van der Waals surface area contributed by atoms with Gasteiger partial charge in [-0.05, 0) is 24.6 Å². The number of ether oxygens (including phenoxy) is 2. The highest BCUT2D eigenvalue weighted by molar-refractivity contribution is 6.34. The molecule has 1 aliphatic rings. The summed E-state index contributed by atoms with van der Waals surface area (Å²) >= 11 is 12.3. The molecule has 2 atom stereocenters. The maximum absolute atomic E-state index is 6.23. The van der Waals surface area contributed by atoms with Crippen molar-refractivity contribution in [1.29, 1.82) is 0 Å². The smallest absolute Gasteiger partial charge is 0.215 e. The van der Waals surface area contributed by atoms with E-state index in [0.29, 0.717) is 23.2 Å². The second-order valence-corrected chi connectivity index (χ2v) is 6.22. The number of hydrogen-bond acceptors (Lipinski definition) is 4. The lowest BCUT2D eigenvalue weighted by Crippen LogP contribution is -2.34. The highest BCUT2D eigenvalue weighted by Gasteiger charge is 2.44. The maximum Gasteiger partial charge on any atom is 0.215 e. The maximum atomic E-state index is 6.23. The zero-order chi connectivity index (χ0) is 15.6. The van der Waals surface area contributed by atoms with Gasteiger partial charge in [0.25, 0.3) is 0 Å². The Kier molecular flexibility index (Phi) is 4.68. The molecule has 7 heteroatoms. The Morgan fingerprint density at radius 2 is 2.09 bits per heavy atom. The highest BCUT2D eigenvalue weighted by Crippen LogP contribution is 2.39. The third-order valence-electron chi connectivity index (χ3n) is 3.61. The average molecular weight is 342 g/mol. The SMILES string of the molecule is CCCC1COC(Cn2cncn2)(c2cc(Cl)cc(Cl)c2)O1. The van der Waals surface area contributed by atoms with Gasteiger partial charge in [0.15, 0.2) is 0 Å². The molecule has 1 fully saturated rings. The van der Waals surface area contributed by atoms with Gasteiger partial charge < -0.3 is 9.47 Å². The second kappa shape index (κ2) is 6.54. The molecule has 2 heterocycles.